The van der Waals surface area contributed by atoms with E-state index in [-0.39, 0.29) is 10.8 Å². The molecule has 2 atom stereocenters. The van der Waals surface area contributed by atoms with Gasteiger partial charge in [0.05, 0.1) is 15.7 Å². The Labute approximate surface area is 109 Å². The third-order valence-electron chi connectivity index (χ3n) is 2.21. The fourth-order valence-electron chi connectivity index (χ4n) is 1.16. The highest BCUT2D eigenvalue weighted by atomic mass is 79.9. The Bertz CT molecular complexity index is 370. The van der Waals surface area contributed by atoms with Crippen LogP contribution in [0.5, 0.6) is 0 Å². The highest BCUT2D eigenvalue weighted by Crippen LogP contribution is 2.19. The van der Waals surface area contributed by atoms with Gasteiger partial charge in [-0.3, -0.25) is 0 Å². The highest BCUT2D eigenvalue weighted by molar-refractivity contribution is 9.10. The Balaban J connectivity index is 2.69. The van der Waals surface area contributed by atoms with Gasteiger partial charge in [-0.05, 0) is 45.4 Å². The summed E-state index contributed by atoms with van der Waals surface area (Å²) in [6.07, 6.45) is 0. The van der Waals surface area contributed by atoms with Crippen molar-refractivity contribution in [2.24, 2.45) is 0 Å². The van der Waals surface area contributed by atoms with E-state index in [4.69, 9.17) is 0 Å². The van der Waals surface area contributed by atoms with Gasteiger partial charge in [-0.15, -0.1) is 0 Å². The van der Waals surface area contributed by atoms with Crippen molar-refractivity contribution in [3.8, 4) is 0 Å². The van der Waals surface area contributed by atoms with E-state index in [1.165, 1.54) is 0 Å². The molecule has 0 aromatic heterocycles. The van der Waals surface area contributed by atoms with Crippen molar-refractivity contribution in [3.05, 3.63) is 34.3 Å². The molecule has 0 radical (unpaired) electrons. The molecule has 1 rings (SSSR count). The number of rotatable bonds is 3. The molecule has 0 amide bonds. The molecule has 2 unspecified atom stereocenters. The first-order valence-corrected chi connectivity index (χ1v) is 7.18. The first-order chi connectivity index (χ1) is 7.30. The summed E-state index contributed by atoms with van der Waals surface area (Å²) in [6.45, 7) is 7.91. The van der Waals surface area contributed by atoms with Crippen LogP contribution in [0.15, 0.2) is 28.7 Å². The Hall–Kier alpha value is -0.190. The lowest BCUT2D eigenvalue weighted by Crippen LogP contribution is -2.34. The summed E-state index contributed by atoms with van der Waals surface area (Å²) in [5, 5.41) is 0. The van der Waals surface area contributed by atoms with Crippen molar-refractivity contribution in [1.82, 2.24) is 4.72 Å². The zero-order valence-electron chi connectivity index (χ0n) is 10.1. The predicted molar refractivity (Wildman–Crippen MR) is 73.6 cm³/mol. The van der Waals surface area contributed by atoms with Gasteiger partial charge in [0, 0.05) is 10.5 Å². The van der Waals surface area contributed by atoms with Crippen LogP contribution < -0.4 is 4.72 Å². The molecule has 90 valence electrons. The van der Waals surface area contributed by atoms with Crippen LogP contribution in [0.2, 0.25) is 0 Å². The van der Waals surface area contributed by atoms with Crippen LogP contribution in [0, 0.1) is 0 Å². The average molecular weight is 304 g/mol. The second-order valence-electron chi connectivity index (χ2n) is 4.77. The molecule has 0 aliphatic heterocycles. The fraction of sp³-hybridized carbons (Fsp3) is 0.500. The van der Waals surface area contributed by atoms with Gasteiger partial charge >= 0.3 is 0 Å². The third kappa shape index (κ3) is 4.00. The molecular formula is C12H18BrNOS. The van der Waals surface area contributed by atoms with Gasteiger partial charge in [0.1, 0.15) is 0 Å². The van der Waals surface area contributed by atoms with Crippen LogP contribution in [0.1, 0.15) is 39.3 Å². The van der Waals surface area contributed by atoms with Crippen LogP contribution in [0.3, 0.4) is 0 Å². The Morgan fingerprint density at radius 3 is 2.19 bits per heavy atom. The number of benzene rings is 1. The van der Waals surface area contributed by atoms with Gasteiger partial charge in [-0.25, -0.2) is 8.93 Å². The van der Waals surface area contributed by atoms with Crippen molar-refractivity contribution in [3.63, 3.8) is 0 Å². The van der Waals surface area contributed by atoms with Crippen molar-refractivity contribution >= 4 is 26.9 Å². The van der Waals surface area contributed by atoms with Gasteiger partial charge < -0.3 is 0 Å². The van der Waals surface area contributed by atoms with E-state index in [0.717, 1.165) is 10.0 Å². The van der Waals surface area contributed by atoms with Crippen molar-refractivity contribution < 1.29 is 4.21 Å². The van der Waals surface area contributed by atoms with Crippen LogP contribution in [0.4, 0.5) is 0 Å². The van der Waals surface area contributed by atoms with Gasteiger partial charge in [0.2, 0.25) is 0 Å². The Morgan fingerprint density at radius 2 is 1.75 bits per heavy atom. The molecule has 16 heavy (non-hydrogen) atoms. The Morgan fingerprint density at radius 1 is 1.25 bits per heavy atom. The van der Waals surface area contributed by atoms with Gasteiger partial charge in [-0.2, -0.15) is 0 Å². The van der Waals surface area contributed by atoms with E-state index < -0.39 is 11.0 Å². The minimum Gasteiger partial charge on any atom is -0.242 e. The lowest BCUT2D eigenvalue weighted by atomic mass is 10.1. The molecule has 1 aromatic carbocycles. The molecule has 4 heteroatoms. The monoisotopic (exact) mass is 303 g/mol. The zero-order valence-corrected chi connectivity index (χ0v) is 12.5. The van der Waals surface area contributed by atoms with Crippen molar-refractivity contribution in [1.29, 1.82) is 0 Å². The first-order valence-electron chi connectivity index (χ1n) is 5.24. The molecule has 0 heterocycles. The summed E-state index contributed by atoms with van der Waals surface area (Å²) >= 11 is 3.40. The maximum absolute atomic E-state index is 11.9. The maximum Gasteiger partial charge on any atom is 0.0975 e. The number of hydrogen-bond donors (Lipinski definition) is 1. The normalized spacial score (nSPS) is 15.8. The highest BCUT2D eigenvalue weighted by Gasteiger charge is 2.21. The van der Waals surface area contributed by atoms with E-state index in [9.17, 15) is 4.21 Å². The standard InChI is InChI=1S/C12H18BrNOS/c1-9(14-16(15)12(2,3)4)10-5-7-11(13)8-6-10/h5-9,14H,1-4H3. The number of halogens is 1. The molecule has 0 saturated carbocycles. The lowest BCUT2D eigenvalue weighted by Gasteiger charge is -2.22. The summed E-state index contributed by atoms with van der Waals surface area (Å²) in [5.74, 6) is 0. The summed E-state index contributed by atoms with van der Waals surface area (Å²) in [4.78, 5) is 0. The molecule has 0 bridgehead atoms. The zero-order chi connectivity index (χ0) is 12.3. The molecule has 0 aliphatic rings. The SMILES string of the molecule is CC(NS(=O)C(C)(C)C)c1ccc(Br)cc1. The van der Waals surface area contributed by atoms with Gasteiger partial charge in [0.15, 0.2) is 0 Å². The summed E-state index contributed by atoms with van der Waals surface area (Å²) < 4.78 is 15.8. The van der Waals surface area contributed by atoms with E-state index in [1.54, 1.807) is 0 Å². The summed E-state index contributed by atoms with van der Waals surface area (Å²) in [6, 6.07) is 8.14. The van der Waals surface area contributed by atoms with Crippen molar-refractivity contribution in [2.45, 2.75) is 38.5 Å². The Kier molecular flexibility index (Phi) is 4.71. The average Bonchev–Trinajstić information content (AvgIpc) is 2.17. The van der Waals surface area contributed by atoms with E-state index >= 15 is 0 Å². The third-order valence-corrected chi connectivity index (χ3v) is 4.42. The fourth-order valence-corrected chi connectivity index (χ4v) is 2.23. The smallest absolute Gasteiger partial charge is 0.0975 e. The number of hydrogen-bond acceptors (Lipinski definition) is 1. The van der Waals surface area contributed by atoms with Crippen LogP contribution in [0.25, 0.3) is 0 Å². The minimum atomic E-state index is -1.03. The van der Waals surface area contributed by atoms with Crippen LogP contribution in [-0.4, -0.2) is 8.96 Å². The first kappa shape index (κ1) is 13.9. The molecule has 2 nitrogen and oxygen atoms in total. The molecule has 1 aromatic rings. The lowest BCUT2D eigenvalue weighted by molar-refractivity contribution is 0.616. The topological polar surface area (TPSA) is 29.1 Å². The van der Waals surface area contributed by atoms with Crippen LogP contribution in [-0.2, 0) is 11.0 Å². The van der Waals surface area contributed by atoms with Gasteiger partial charge in [0.25, 0.3) is 0 Å². The summed E-state index contributed by atoms with van der Waals surface area (Å²) in [5.41, 5.74) is 1.14. The van der Waals surface area contributed by atoms with E-state index in [0.29, 0.717) is 0 Å². The molecule has 0 aliphatic carbocycles. The largest absolute Gasteiger partial charge is 0.242 e. The van der Waals surface area contributed by atoms with Gasteiger partial charge in [-0.1, -0.05) is 28.1 Å². The molecule has 0 spiro atoms. The quantitative estimate of drug-likeness (QED) is 0.909. The number of nitrogens with one attached hydrogen (secondary N) is 1. The molecule has 0 fully saturated rings. The minimum absolute atomic E-state index is 0.0909. The van der Waals surface area contributed by atoms with Crippen LogP contribution >= 0.6 is 15.9 Å². The molecular weight excluding hydrogens is 286 g/mol. The molecule has 1 N–H and O–H groups in total. The molecule has 0 saturated heterocycles. The second kappa shape index (κ2) is 5.43. The maximum atomic E-state index is 11.9. The van der Waals surface area contributed by atoms with E-state index in [1.807, 2.05) is 52.0 Å². The second-order valence-corrected chi connectivity index (χ2v) is 7.69. The van der Waals surface area contributed by atoms with Crippen molar-refractivity contribution in [2.75, 3.05) is 0 Å². The summed E-state index contributed by atoms with van der Waals surface area (Å²) in [7, 11) is -1.03. The predicted octanol–water partition coefficient (Wildman–Crippen LogP) is 3.56. The van der Waals surface area contributed by atoms with E-state index in [2.05, 4.69) is 20.7 Å².